The molecule has 1 N–H and O–H groups in total. The average molecular weight is 474 g/mol. The fourth-order valence-corrected chi connectivity index (χ4v) is 6.13. The highest BCUT2D eigenvalue weighted by molar-refractivity contribution is 7.10. The van der Waals surface area contributed by atoms with Crippen molar-refractivity contribution in [1.29, 1.82) is 0 Å². The molecule has 4 rings (SSSR count). The fourth-order valence-electron chi connectivity index (χ4n) is 5.32. The van der Waals surface area contributed by atoms with Gasteiger partial charge < -0.3 is 19.7 Å². The number of aryl methyl sites for hydroxylation is 1. The molecule has 1 atom stereocenters. The van der Waals surface area contributed by atoms with Gasteiger partial charge in [0.25, 0.3) is 0 Å². The first-order valence-corrected chi connectivity index (χ1v) is 12.8. The van der Waals surface area contributed by atoms with Gasteiger partial charge in [-0.25, -0.2) is 4.98 Å². The Bertz CT molecular complexity index is 991. The van der Waals surface area contributed by atoms with Crippen LogP contribution in [0.25, 0.3) is 0 Å². The summed E-state index contributed by atoms with van der Waals surface area (Å²) >= 11 is 1.22. The molecule has 0 unspecified atom stereocenters. The summed E-state index contributed by atoms with van der Waals surface area (Å²) in [7, 11) is 0. The zero-order valence-electron chi connectivity index (χ0n) is 20.1. The van der Waals surface area contributed by atoms with E-state index in [0.717, 1.165) is 81.2 Å². The SMILES string of the molecule is C=C(C)N[C@@H](CCN1CCC(n2c(C)nc3c2CCN(C(C)=O)CC3)CC1)c1ccc(F)s1. The molecule has 0 aromatic carbocycles. The lowest BCUT2D eigenvalue weighted by Gasteiger charge is -2.35. The molecule has 2 aliphatic heterocycles. The Morgan fingerprint density at radius 1 is 1.24 bits per heavy atom. The molecule has 1 fully saturated rings. The number of hydrogen-bond acceptors (Lipinski definition) is 5. The maximum absolute atomic E-state index is 13.6. The molecule has 0 saturated carbocycles. The largest absolute Gasteiger partial charge is 0.381 e. The van der Waals surface area contributed by atoms with Gasteiger partial charge in [0.05, 0.1) is 11.7 Å². The van der Waals surface area contributed by atoms with Crippen molar-refractivity contribution in [2.24, 2.45) is 0 Å². The van der Waals surface area contributed by atoms with Crippen molar-refractivity contribution in [2.45, 2.75) is 65.0 Å². The monoisotopic (exact) mass is 473 g/mol. The van der Waals surface area contributed by atoms with Gasteiger partial charge in [-0.15, -0.1) is 11.3 Å². The smallest absolute Gasteiger partial charge is 0.219 e. The molecule has 0 bridgehead atoms. The predicted octanol–water partition coefficient (Wildman–Crippen LogP) is 4.23. The van der Waals surface area contributed by atoms with Gasteiger partial charge in [-0.05, 0) is 45.2 Å². The summed E-state index contributed by atoms with van der Waals surface area (Å²) in [6.07, 6.45) is 4.88. The fraction of sp³-hybridized carbons (Fsp3) is 0.600. The minimum absolute atomic E-state index is 0.102. The molecule has 0 spiro atoms. The quantitative estimate of drug-likeness (QED) is 0.654. The third kappa shape index (κ3) is 5.66. The number of likely N-dealkylation sites (tertiary alicyclic amines) is 1. The van der Waals surface area contributed by atoms with E-state index in [0.29, 0.717) is 6.04 Å². The van der Waals surface area contributed by atoms with Crippen LogP contribution >= 0.6 is 11.3 Å². The topological polar surface area (TPSA) is 53.4 Å². The minimum Gasteiger partial charge on any atom is -0.381 e. The Kier molecular flexibility index (Phi) is 7.54. The first kappa shape index (κ1) is 24.0. The molecular formula is C25H36FN5OS. The Labute approximate surface area is 200 Å². The van der Waals surface area contributed by atoms with E-state index in [1.165, 1.54) is 22.7 Å². The second-order valence-corrected chi connectivity index (χ2v) is 10.5. The molecule has 33 heavy (non-hydrogen) atoms. The number of aromatic nitrogens is 2. The minimum atomic E-state index is -0.138. The van der Waals surface area contributed by atoms with Crippen LogP contribution in [0.3, 0.4) is 0 Å². The number of halogens is 1. The van der Waals surface area contributed by atoms with Crippen LogP contribution in [0.4, 0.5) is 4.39 Å². The van der Waals surface area contributed by atoms with Crippen LogP contribution in [0.5, 0.6) is 0 Å². The Balaban J connectivity index is 1.35. The van der Waals surface area contributed by atoms with Crippen molar-refractivity contribution >= 4 is 17.2 Å². The summed E-state index contributed by atoms with van der Waals surface area (Å²) in [5, 5.41) is 3.28. The van der Waals surface area contributed by atoms with E-state index in [1.54, 1.807) is 13.0 Å². The molecule has 0 radical (unpaired) electrons. The zero-order valence-corrected chi connectivity index (χ0v) is 20.9. The van der Waals surface area contributed by atoms with Crippen molar-refractivity contribution < 1.29 is 9.18 Å². The Morgan fingerprint density at radius 3 is 2.61 bits per heavy atom. The highest BCUT2D eigenvalue weighted by atomic mass is 32.1. The van der Waals surface area contributed by atoms with Crippen molar-refractivity contribution in [2.75, 3.05) is 32.7 Å². The maximum atomic E-state index is 13.6. The van der Waals surface area contributed by atoms with Crippen LogP contribution in [0, 0.1) is 12.1 Å². The van der Waals surface area contributed by atoms with Gasteiger partial charge in [0.15, 0.2) is 5.13 Å². The standard InChI is InChI=1S/C25H36FN5OS/c1-17(2)27-22(24-5-6-25(26)33-24)9-14-29-12-7-20(8-13-29)31-18(3)28-21-10-15-30(19(4)32)16-11-23(21)31/h5-6,20,22,27H,1,7-16H2,2-4H3/t22-/m0/s1. The van der Waals surface area contributed by atoms with E-state index in [9.17, 15) is 9.18 Å². The van der Waals surface area contributed by atoms with Gasteiger partial charge in [-0.3, -0.25) is 4.79 Å². The van der Waals surface area contributed by atoms with Gasteiger partial charge in [-0.1, -0.05) is 6.58 Å². The van der Waals surface area contributed by atoms with Crippen LogP contribution < -0.4 is 5.32 Å². The molecule has 8 heteroatoms. The molecule has 180 valence electrons. The number of nitrogens with zero attached hydrogens (tertiary/aromatic N) is 4. The van der Waals surface area contributed by atoms with Gasteiger partial charge in [-0.2, -0.15) is 4.39 Å². The highest BCUT2D eigenvalue weighted by Crippen LogP contribution is 2.30. The molecule has 2 aliphatic rings. The van der Waals surface area contributed by atoms with E-state index < -0.39 is 0 Å². The van der Waals surface area contributed by atoms with Crippen molar-refractivity contribution in [3.63, 3.8) is 0 Å². The molecule has 0 aliphatic carbocycles. The lowest BCUT2D eigenvalue weighted by atomic mass is 10.0. The second kappa shape index (κ2) is 10.4. The highest BCUT2D eigenvalue weighted by Gasteiger charge is 2.28. The third-order valence-corrected chi connectivity index (χ3v) is 7.95. The van der Waals surface area contributed by atoms with Crippen LogP contribution in [-0.2, 0) is 17.6 Å². The first-order valence-electron chi connectivity index (χ1n) is 12.0. The second-order valence-electron chi connectivity index (χ2n) is 9.41. The lowest BCUT2D eigenvalue weighted by Crippen LogP contribution is -2.37. The number of carbonyl (C=O) groups is 1. The number of piperidine rings is 1. The molecule has 1 amide bonds. The summed E-state index contributed by atoms with van der Waals surface area (Å²) in [4.78, 5) is 22.2. The van der Waals surface area contributed by atoms with Crippen LogP contribution in [0.2, 0.25) is 0 Å². The summed E-state index contributed by atoms with van der Waals surface area (Å²) in [6.45, 7) is 14.3. The van der Waals surface area contributed by atoms with Crippen LogP contribution in [0.15, 0.2) is 24.4 Å². The van der Waals surface area contributed by atoms with Gasteiger partial charge in [0.2, 0.25) is 5.91 Å². The lowest BCUT2D eigenvalue weighted by molar-refractivity contribution is -0.128. The number of allylic oxidation sites excluding steroid dienone is 1. The van der Waals surface area contributed by atoms with Gasteiger partial charge in [0, 0.05) is 74.8 Å². The van der Waals surface area contributed by atoms with E-state index in [4.69, 9.17) is 4.98 Å². The molecule has 2 aromatic heterocycles. The number of thiophene rings is 1. The summed E-state index contributed by atoms with van der Waals surface area (Å²) in [5.41, 5.74) is 3.42. The number of hydrogen-bond donors (Lipinski definition) is 1. The number of fused-ring (bicyclic) bond motifs is 1. The van der Waals surface area contributed by atoms with Crippen LogP contribution in [0.1, 0.15) is 67.3 Å². The number of amides is 1. The number of imidazole rings is 1. The van der Waals surface area contributed by atoms with E-state index in [2.05, 4.69) is 28.3 Å². The van der Waals surface area contributed by atoms with E-state index >= 15 is 0 Å². The zero-order chi connectivity index (χ0) is 23.5. The molecular weight excluding hydrogens is 437 g/mol. The van der Waals surface area contributed by atoms with Crippen LogP contribution in [-0.4, -0.2) is 58.0 Å². The van der Waals surface area contributed by atoms with Crippen molar-refractivity contribution in [3.8, 4) is 0 Å². The van der Waals surface area contributed by atoms with Gasteiger partial charge in [0.1, 0.15) is 5.82 Å². The summed E-state index contributed by atoms with van der Waals surface area (Å²) in [5.74, 6) is 1.27. The molecule has 4 heterocycles. The number of carbonyl (C=O) groups excluding carboxylic acids is 1. The summed E-state index contributed by atoms with van der Waals surface area (Å²) in [6, 6.07) is 4.00. The predicted molar refractivity (Wildman–Crippen MR) is 131 cm³/mol. The third-order valence-electron chi connectivity index (χ3n) is 6.97. The Morgan fingerprint density at radius 2 is 1.97 bits per heavy atom. The number of nitrogens with one attached hydrogen (secondary N) is 1. The van der Waals surface area contributed by atoms with Crippen molar-refractivity contribution in [1.82, 2.24) is 24.7 Å². The normalized spacial score (nSPS) is 18.6. The molecule has 6 nitrogen and oxygen atoms in total. The first-order chi connectivity index (χ1) is 15.8. The molecule has 1 saturated heterocycles. The van der Waals surface area contributed by atoms with Crippen molar-refractivity contribution in [3.05, 3.63) is 51.6 Å². The average Bonchev–Trinajstić information content (AvgIpc) is 3.27. The van der Waals surface area contributed by atoms with E-state index in [1.807, 2.05) is 17.9 Å². The Hall–Kier alpha value is -2.19. The number of rotatable bonds is 7. The van der Waals surface area contributed by atoms with Gasteiger partial charge >= 0.3 is 0 Å². The van der Waals surface area contributed by atoms with E-state index in [-0.39, 0.29) is 17.1 Å². The molecule has 2 aromatic rings. The summed E-state index contributed by atoms with van der Waals surface area (Å²) < 4.78 is 16.0. The maximum Gasteiger partial charge on any atom is 0.219 e.